The largest absolute Gasteiger partial charge is 0.388 e. The number of amides is 1. The van der Waals surface area contributed by atoms with E-state index in [2.05, 4.69) is 12.2 Å². The molecule has 76 valence electrons. The predicted octanol–water partition coefficient (Wildman–Crippen LogP) is 1.06. The van der Waals surface area contributed by atoms with E-state index in [9.17, 15) is 9.90 Å². The van der Waals surface area contributed by atoms with Gasteiger partial charge in [-0.2, -0.15) is 0 Å². The number of aliphatic hydroxyl groups is 1. The Labute approximate surface area is 79.5 Å². The van der Waals surface area contributed by atoms with Crippen LogP contribution in [-0.4, -0.2) is 23.2 Å². The molecule has 0 radical (unpaired) electrons. The summed E-state index contributed by atoms with van der Waals surface area (Å²) in [7, 11) is 0. The van der Waals surface area contributed by atoms with Crippen LogP contribution in [0.2, 0.25) is 0 Å². The topological polar surface area (TPSA) is 49.3 Å². The summed E-state index contributed by atoms with van der Waals surface area (Å²) in [6.07, 6.45) is 3.89. The van der Waals surface area contributed by atoms with Crippen molar-refractivity contribution in [2.24, 2.45) is 5.92 Å². The van der Waals surface area contributed by atoms with E-state index < -0.39 is 5.60 Å². The van der Waals surface area contributed by atoms with Gasteiger partial charge < -0.3 is 10.4 Å². The van der Waals surface area contributed by atoms with Crippen molar-refractivity contribution in [2.45, 2.75) is 45.1 Å². The molecule has 1 aliphatic rings. The SMILES string of the molecule is CC(=O)NC[C@@]1(O)CCC[C@H](C)C1. The highest BCUT2D eigenvalue weighted by molar-refractivity contribution is 5.72. The summed E-state index contributed by atoms with van der Waals surface area (Å²) in [5, 5.41) is 12.8. The lowest BCUT2D eigenvalue weighted by Gasteiger charge is -2.35. The average molecular weight is 185 g/mol. The smallest absolute Gasteiger partial charge is 0.216 e. The molecule has 13 heavy (non-hydrogen) atoms. The molecule has 1 amide bonds. The van der Waals surface area contributed by atoms with E-state index in [4.69, 9.17) is 0 Å². The molecule has 0 heterocycles. The summed E-state index contributed by atoms with van der Waals surface area (Å²) in [4.78, 5) is 10.7. The van der Waals surface area contributed by atoms with Gasteiger partial charge in [0.2, 0.25) is 5.91 Å². The average Bonchev–Trinajstić information content (AvgIpc) is 2.01. The molecule has 0 aromatic rings. The second kappa shape index (κ2) is 4.09. The zero-order valence-electron chi connectivity index (χ0n) is 8.47. The fourth-order valence-electron chi connectivity index (χ4n) is 2.08. The van der Waals surface area contributed by atoms with Crippen LogP contribution in [0.25, 0.3) is 0 Å². The first-order valence-electron chi connectivity index (χ1n) is 4.99. The Bertz CT molecular complexity index is 193. The van der Waals surface area contributed by atoms with Crippen molar-refractivity contribution in [1.82, 2.24) is 5.32 Å². The van der Waals surface area contributed by atoms with Crippen molar-refractivity contribution in [2.75, 3.05) is 6.54 Å². The molecule has 3 heteroatoms. The Balaban J connectivity index is 2.39. The molecular formula is C10H19NO2. The molecule has 1 aliphatic carbocycles. The van der Waals surface area contributed by atoms with Crippen molar-refractivity contribution in [3.8, 4) is 0 Å². The molecule has 0 aliphatic heterocycles. The summed E-state index contributed by atoms with van der Waals surface area (Å²) < 4.78 is 0. The van der Waals surface area contributed by atoms with Crippen LogP contribution in [-0.2, 0) is 4.79 Å². The van der Waals surface area contributed by atoms with E-state index in [-0.39, 0.29) is 5.91 Å². The van der Waals surface area contributed by atoms with Crippen molar-refractivity contribution in [1.29, 1.82) is 0 Å². The standard InChI is InChI=1S/C10H19NO2/c1-8-4-3-5-10(13,6-8)7-11-9(2)12/h8,13H,3-7H2,1-2H3,(H,11,12)/t8-,10+/m0/s1. The van der Waals surface area contributed by atoms with E-state index in [1.807, 2.05) is 0 Å². The fourth-order valence-corrected chi connectivity index (χ4v) is 2.08. The first-order chi connectivity index (χ1) is 6.02. The molecule has 0 aromatic heterocycles. The van der Waals surface area contributed by atoms with Crippen LogP contribution >= 0.6 is 0 Å². The molecule has 0 aromatic carbocycles. The maximum absolute atomic E-state index is 10.7. The van der Waals surface area contributed by atoms with E-state index in [0.29, 0.717) is 12.5 Å². The Kier molecular flexibility index (Phi) is 3.31. The van der Waals surface area contributed by atoms with E-state index in [1.54, 1.807) is 0 Å². The van der Waals surface area contributed by atoms with Gasteiger partial charge in [0, 0.05) is 13.5 Å². The van der Waals surface area contributed by atoms with Crippen LogP contribution in [0.3, 0.4) is 0 Å². The number of carbonyl (C=O) groups is 1. The third kappa shape index (κ3) is 3.35. The molecule has 1 fully saturated rings. The van der Waals surface area contributed by atoms with Gasteiger partial charge in [0.1, 0.15) is 0 Å². The van der Waals surface area contributed by atoms with Crippen molar-refractivity contribution < 1.29 is 9.90 Å². The second-order valence-electron chi connectivity index (χ2n) is 4.34. The molecule has 2 atom stereocenters. The van der Waals surface area contributed by atoms with Crippen LogP contribution in [0.5, 0.6) is 0 Å². The Morgan fingerprint density at radius 1 is 1.69 bits per heavy atom. The molecule has 1 saturated carbocycles. The molecule has 3 nitrogen and oxygen atoms in total. The van der Waals surface area contributed by atoms with Gasteiger partial charge in [0.25, 0.3) is 0 Å². The van der Waals surface area contributed by atoms with Gasteiger partial charge in [-0.25, -0.2) is 0 Å². The fraction of sp³-hybridized carbons (Fsp3) is 0.900. The summed E-state index contributed by atoms with van der Waals surface area (Å²) in [5.41, 5.74) is -0.649. The minimum Gasteiger partial charge on any atom is -0.388 e. The van der Waals surface area contributed by atoms with Gasteiger partial charge in [0.05, 0.1) is 5.60 Å². The number of hydrogen-bond donors (Lipinski definition) is 2. The van der Waals surface area contributed by atoms with E-state index in [1.165, 1.54) is 13.3 Å². The number of carbonyl (C=O) groups excluding carboxylic acids is 1. The molecule has 2 N–H and O–H groups in total. The number of hydrogen-bond acceptors (Lipinski definition) is 2. The first kappa shape index (κ1) is 10.5. The van der Waals surface area contributed by atoms with E-state index >= 15 is 0 Å². The molecule has 0 saturated heterocycles. The molecule has 0 bridgehead atoms. The van der Waals surface area contributed by atoms with Gasteiger partial charge in [-0.05, 0) is 18.8 Å². The maximum Gasteiger partial charge on any atom is 0.216 e. The Hall–Kier alpha value is -0.570. The maximum atomic E-state index is 10.7. The Morgan fingerprint density at radius 3 is 2.92 bits per heavy atom. The molecular weight excluding hydrogens is 166 g/mol. The summed E-state index contributed by atoms with van der Waals surface area (Å²) in [6.45, 7) is 4.04. The highest BCUT2D eigenvalue weighted by Crippen LogP contribution is 2.31. The van der Waals surface area contributed by atoms with Crippen LogP contribution in [0.4, 0.5) is 0 Å². The van der Waals surface area contributed by atoms with Crippen LogP contribution in [0.1, 0.15) is 39.5 Å². The first-order valence-corrected chi connectivity index (χ1v) is 4.99. The lowest BCUT2D eigenvalue weighted by Crippen LogP contribution is -2.45. The van der Waals surface area contributed by atoms with Crippen molar-refractivity contribution in [3.05, 3.63) is 0 Å². The molecule has 1 rings (SSSR count). The normalized spacial score (nSPS) is 34.2. The third-order valence-corrected chi connectivity index (χ3v) is 2.73. The summed E-state index contributed by atoms with van der Waals surface area (Å²) >= 11 is 0. The second-order valence-corrected chi connectivity index (χ2v) is 4.34. The molecule has 0 unspecified atom stereocenters. The van der Waals surface area contributed by atoms with Crippen molar-refractivity contribution >= 4 is 5.91 Å². The van der Waals surface area contributed by atoms with E-state index in [0.717, 1.165) is 19.3 Å². The third-order valence-electron chi connectivity index (χ3n) is 2.73. The van der Waals surface area contributed by atoms with Gasteiger partial charge in [-0.15, -0.1) is 0 Å². The highest BCUT2D eigenvalue weighted by atomic mass is 16.3. The highest BCUT2D eigenvalue weighted by Gasteiger charge is 2.32. The zero-order chi connectivity index (χ0) is 9.90. The molecule has 0 spiro atoms. The number of nitrogens with one attached hydrogen (secondary N) is 1. The predicted molar refractivity (Wildman–Crippen MR) is 51.3 cm³/mol. The van der Waals surface area contributed by atoms with Crippen LogP contribution < -0.4 is 5.32 Å². The summed E-state index contributed by atoms with van der Waals surface area (Å²) in [6, 6.07) is 0. The van der Waals surface area contributed by atoms with Crippen LogP contribution in [0.15, 0.2) is 0 Å². The quantitative estimate of drug-likeness (QED) is 0.676. The van der Waals surface area contributed by atoms with Gasteiger partial charge in [-0.3, -0.25) is 4.79 Å². The lowest BCUT2D eigenvalue weighted by atomic mass is 9.79. The minimum atomic E-state index is -0.649. The minimum absolute atomic E-state index is 0.0633. The summed E-state index contributed by atoms with van der Waals surface area (Å²) in [5.74, 6) is 0.513. The monoisotopic (exact) mass is 185 g/mol. The van der Waals surface area contributed by atoms with Gasteiger partial charge >= 0.3 is 0 Å². The zero-order valence-corrected chi connectivity index (χ0v) is 8.47. The Morgan fingerprint density at radius 2 is 2.38 bits per heavy atom. The van der Waals surface area contributed by atoms with Gasteiger partial charge in [-0.1, -0.05) is 19.8 Å². The van der Waals surface area contributed by atoms with Crippen LogP contribution in [0, 0.1) is 5.92 Å². The van der Waals surface area contributed by atoms with Crippen molar-refractivity contribution in [3.63, 3.8) is 0 Å². The van der Waals surface area contributed by atoms with Gasteiger partial charge in [0.15, 0.2) is 0 Å². The lowest BCUT2D eigenvalue weighted by molar-refractivity contribution is -0.120. The number of rotatable bonds is 2.